The molecule has 2 rings (SSSR count). The molecule has 1 N–H and O–H groups in total. The van der Waals surface area contributed by atoms with Gasteiger partial charge in [-0.3, -0.25) is 0 Å². The van der Waals surface area contributed by atoms with Crippen molar-refractivity contribution < 1.29 is 17.9 Å². The summed E-state index contributed by atoms with van der Waals surface area (Å²) in [6.07, 6.45) is -4.46. The Labute approximate surface area is 104 Å². The molecule has 0 amide bonds. The summed E-state index contributed by atoms with van der Waals surface area (Å²) in [7, 11) is 1.53. The Morgan fingerprint density at radius 3 is 2.33 bits per heavy atom. The Balaban J connectivity index is 2.11. The number of ether oxygens (including phenoxy) is 1. The molecule has 0 bridgehead atoms. The van der Waals surface area contributed by atoms with Gasteiger partial charge in [0.15, 0.2) is 0 Å². The third kappa shape index (κ3) is 2.89. The summed E-state index contributed by atoms with van der Waals surface area (Å²) in [6, 6.07) is 6.73. The van der Waals surface area contributed by atoms with Crippen LogP contribution in [-0.4, -0.2) is 17.3 Å². The van der Waals surface area contributed by atoms with E-state index in [1.165, 1.54) is 7.11 Å². The van der Waals surface area contributed by atoms with E-state index in [1.54, 1.807) is 24.3 Å². The number of nitrogens with zero attached hydrogens (tertiary/aromatic N) is 2. The number of hydrogen-bond donors (Lipinski definition) is 1. The van der Waals surface area contributed by atoms with Crippen molar-refractivity contribution in [2.45, 2.75) is 6.18 Å². The molecule has 0 saturated heterocycles. The second kappa shape index (κ2) is 4.81. The Kier molecular flexibility index (Phi) is 3.37. The molecule has 1 heterocycles. The second-order valence-corrected chi connectivity index (χ2v) is 4.24. The molecule has 1 aromatic heterocycles. The van der Waals surface area contributed by atoms with Crippen molar-refractivity contribution in [2.75, 3.05) is 12.4 Å². The molecular formula is C10H8F3N3OS. The zero-order valence-electron chi connectivity index (χ0n) is 9.15. The first-order chi connectivity index (χ1) is 8.49. The van der Waals surface area contributed by atoms with Gasteiger partial charge in [-0.05, 0) is 24.3 Å². The predicted molar refractivity (Wildman–Crippen MR) is 61.2 cm³/mol. The van der Waals surface area contributed by atoms with E-state index in [0.29, 0.717) is 22.8 Å². The minimum absolute atomic E-state index is 0.0903. The van der Waals surface area contributed by atoms with Crippen molar-refractivity contribution in [1.82, 2.24) is 10.2 Å². The summed E-state index contributed by atoms with van der Waals surface area (Å²) < 4.78 is 41.9. The fraction of sp³-hybridized carbons (Fsp3) is 0.200. The van der Waals surface area contributed by atoms with Crippen LogP contribution in [0.15, 0.2) is 24.3 Å². The van der Waals surface area contributed by atoms with Crippen LogP contribution in [0.3, 0.4) is 0 Å². The third-order valence-electron chi connectivity index (χ3n) is 2.01. The molecule has 8 heteroatoms. The Morgan fingerprint density at radius 2 is 1.83 bits per heavy atom. The summed E-state index contributed by atoms with van der Waals surface area (Å²) in [6.45, 7) is 0. The number of alkyl halides is 3. The molecule has 0 unspecified atom stereocenters. The van der Waals surface area contributed by atoms with Crippen LogP contribution < -0.4 is 10.1 Å². The van der Waals surface area contributed by atoms with E-state index in [4.69, 9.17) is 4.74 Å². The molecule has 18 heavy (non-hydrogen) atoms. The lowest BCUT2D eigenvalue weighted by Crippen LogP contribution is -2.03. The van der Waals surface area contributed by atoms with Crippen LogP contribution in [0.4, 0.5) is 24.0 Å². The molecule has 0 atom stereocenters. The summed E-state index contributed by atoms with van der Waals surface area (Å²) in [5.41, 5.74) is 0.612. The highest BCUT2D eigenvalue weighted by Gasteiger charge is 2.35. The topological polar surface area (TPSA) is 47.0 Å². The van der Waals surface area contributed by atoms with Crippen molar-refractivity contribution in [2.24, 2.45) is 0 Å². The Hall–Kier alpha value is -1.83. The van der Waals surface area contributed by atoms with Crippen LogP contribution in [0.1, 0.15) is 5.01 Å². The van der Waals surface area contributed by atoms with E-state index in [-0.39, 0.29) is 5.13 Å². The first-order valence-electron chi connectivity index (χ1n) is 4.81. The molecule has 4 nitrogen and oxygen atoms in total. The van der Waals surface area contributed by atoms with Crippen molar-refractivity contribution in [1.29, 1.82) is 0 Å². The van der Waals surface area contributed by atoms with E-state index in [2.05, 4.69) is 15.5 Å². The van der Waals surface area contributed by atoms with E-state index in [0.717, 1.165) is 0 Å². The Morgan fingerprint density at radius 1 is 1.17 bits per heavy atom. The van der Waals surface area contributed by atoms with Gasteiger partial charge in [-0.1, -0.05) is 11.3 Å². The highest BCUT2D eigenvalue weighted by molar-refractivity contribution is 7.15. The number of halogens is 3. The van der Waals surface area contributed by atoms with Gasteiger partial charge in [0.2, 0.25) is 10.1 Å². The predicted octanol–water partition coefficient (Wildman–Crippen LogP) is 3.31. The molecule has 0 spiro atoms. The number of rotatable bonds is 3. The van der Waals surface area contributed by atoms with Crippen LogP contribution in [0.25, 0.3) is 0 Å². The molecule has 96 valence electrons. The molecule has 0 fully saturated rings. The lowest BCUT2D eigenvalue weighted by molar-refractivity contribution is -0.138. The van der Waals surface area contributed by atoms with Crippen molar-refractivity contribution >= 4 is 22.2 Å². The fourth-order valence-corrected chi connectivity index (χ4v) is 1.82. The van der Waals surface area contributed by atoms with Gasteiger partial charge in [-0.2, -0.15) is 13.2 Å². The second-order valence-electron chi connectivity index (χ2n) is 3.26. The van der Waals surface area contributed by atoms with Crippen LogP contribution in [-0.2, 0) is 6.18 Å². The standard InChI is InChI=1S/C10H8F3N3OS/c1-17-7-4-2-6(3-5-7)14-9-16-15-8(18-9)10(11,12)13/h2-5H,1H3,(H,14,16). The maximum atomic E-state index is 12.3. The maximum absolute atomic E-state index is 12.3. The van der Waals surface area contributed by atoms with E-state index in [9.17, 15) is 13.2 Å². The number of anilines is 2. The van der Waals surface area contributed by atoms with Gasteiger partial charge in [0.25, 0.3) is 0 Å². The van der Waals surface area contributed by atoms with Gasteiger partial charge in [0, 0.05) is 5.69 Å². The van der Waals surface area contributed by atoms with Gasteiger partial charge in [0.05, 0.1) is 7.11 Å². The first-order valence-corrected chi connectivity index (χ1v) is 5.62. The van der Waals surface area contributed by atoms with Crippen LogP contribution in [0, 0.1) is 0 Å². The van der Waals surface area contributed by atoms with Gasteiger partial charge in [-0.25, -0.2) is 0 Å². The van der Waals surface area contributed by atoms with E-state index >= 15 is 0 Å². The quantitative estimate of drug-likeness (QED) is 0.933. The number of nitrogens with one attached hydrogen (secondary N) is 1. The van der Waals surface area contributed by atoms with E-state index < -0.39 is 11.2 Å². The minimum Gasteiger partial charge on any atom is -0.497 e. The zero-order chi connectivity index (χ0) is 13.2. The average Bonchev–Trinajstić information content (AvgIpc) is 2.78. The Bertz CT molecular complexity index is 524. The van der Waals surface area contributed by atoms with Gasteiger partial charge in [0.1, 0.15) is 5.75 Å². The average molecular weight is 275 g/mol. The fourth-order valence-electron chi connectivity index (χ4n) is 1.19. The van der Waals surface area contributed by atoms with Gasteiger partial charge < -0.3 is 10.1 Å². The molecule has 0 aliphatic heterocycles. The maximum Gasteiger partial charge on any atom is 0.445 e. The first kappa shape index (κ1) is 12.6. The molecule has 0 saturated carbocycles. The van der Waals surface area contributed by atoms with Crippen LogP contribution >= 0.6 is 11.3 Å². The number of hydrogen-bond acceptors (Lipinski definition) is 5. The molecular weight excluding hydrogens is 267 g/mol. The SMILES string of the molecule is COc1ccc(Nc2nnc(C(F)(F)F)s2)cc1. The molecule has 0 aliphatic carbocycles. The lowest BCUT2D eigenvalue weighted by atomic mass is 10.3. The number of methoxy groups -OCH3 is 1. The number of aromatic nitrogens is 2. The summed E-state index contributed by atoms with van der Waals surface area (Å²) in [5.74, 6) is 0.661. The van der Waals surface area contributed by atoms with Crippen molar-refractivity contribution in [3.8, 4) is 5.75 Å². The smallest absolute Gasteiger partial charge is 0.445 e. The third-order valence-corrected chi connectivity index (χ3v) is 2.89. The van der Waals surface area contributed by atoms with Crippen LogP contribution in [0.5, 0.6) is 5.75 Å². The molecule has 1 aromatic carbocycles. The number of benzene rings is 1. The molecule has 0 aliphatic rings. The monoisotopic (exact) mass is 275 g/mol. The highest BCUT2D eigenvalue weighted by Crippen LogP contribution is 2.34. The van der Waals surface area contributed by atoms with Crippen molar-refractivity contribution in [3.63, 3.8) is 0 Å². The largest absolute Gasteiger partial charge is 0.497 e. The van der Waals surface area contributed by atoms with Gasteiger partial charge in [-0.15, -0.1) is 10.2 Å². The summed E-state index contributed by atoms with van der Waals surface area (Å²) in [5, 5.41) is 8.35. The lowest BCUT2D eigenvalue weighted by Gasteiger charge is -2.03. The summed E-state index contributed by atoms with van der Waals surface area (Å²) >= 11 is 0.455. The molecule has 0 radical (unpaired) electrons. The minimum atomic E-state index is -4.46. The normalized spacial score (nSPS) is 11.3. The summed E-state index contributed by atoms with van der Waals surface area (Å²) in [4.78, 5) is 0. The highest BCUT2D eigenvalue weighted by atomic mass is 32.1. The van der Waals surface area contributed by atoms with Crippen LogP contribution in [0.2, 0.25) is 0 Å². The zero-order valence-corrected chi connectivity index (χ0v) is 9.97. The van der Waals surface area contributed by atoms with E-state index in [1.807, 2.05) is 0 Å². The molecule has 2 aromatic rings. The van der Waals surface area contributed by atoms with Gasteiger partial charge >= 0.3 is 6.18 Å². The van der Waals surface area contributed by atoms with Crippen molar-refractivity contribution in [3.05, 3.63) is 29.3 Å².